The summed E-state index contributed by atoms with van der Waals surface area (Å²) >= 11 is 5.94. The summed E-state index contributed by atoms with van der Waals surface area (Å²) in [6, 6.07) is 0. The zero-order valence-corrected chi connectivity index (χ0v) is 14.7. The third-order valence-corrected chi connectivity index (χ3v) is 4.24. The molecular weight excluding hydrogens is 335 g/mol. The number of aromatic nitrogens is 3. The van der Waals surface area contributed by atoms with Gasteiger partial charge < -0.3 is 14.2 Å². The van der Waals surface area contributed by atoms with E-state index in [2.05, 4.69) is 9.97 Å². The van der Waals surface area contributed by atoms with E-state index in [1.807, 2.05) is 20.8 Å². The normalized spacial score (nSPS) is 18.4. The van der Waals surface area contributed by atoms with Gasteiger partial charge >= 0.3 is 6.09 Å². The molecule has 0 radical (unpaired) electrons. The number of amides is 1. The molecule has 3 heterocycles. The van der Waals surface area contributed by atoms with Gasteiger partial charge in [-0.15, -0.1) is 0 Å². The molecule has 0 spiro atoms. The molecule has 1 atom stereocenters. The second-order valence-electron chi connectivity index (χ2n) is 7.07. The average molecular weight is 355 g/mol. The standard InChI is InChI=1S/C16H20ClFN4O2/c1-16(2,3)24-15(23)21-5-4-10(6-21)7-22-8-11(18)12-13(17)19-9-20-14(12)22/h8-10H,4-7H2,1-3H3/t10-/m0/s1. The summed E-state index contributed by atoms with van der Waals surface area (Å²) in [5.74, 6) is -0.223. The van der Waals surface area contributed by atoms with Crippen molar-refractivity contribution >= 4 is 28.7 Å². The molecule has 1 fully saturated rings. The summed E-state index contributed by atoms with van der Waals surface area (Å²) in [6.45, 7) is 7.31. The van der Waals surface area contributed by atoms with E-state index in [4.69, 9.17) is 16.3 Å². The number of carbonyl (C=O) groups excluding carboxylic acids is 1. The summed E-state index contributed by atoms with van der Waals surface area (Å²) < 4.78 is 21.2. The highest BCUT2D eigenvalue weighted by Gasteiger charge is 2.30. The van der Waals surface area contributed by atoms with Crippen LogP contribution in [0.3, 0.4) is 0 Å². The van der Waals surface area contributed by atoms with Crippen LogP contribution in [0.15, 0.2) is 12.5 Å². The maximum Gasteiger partial charge on any atom is 0.410 e. The Morgan fingerprint density at radius 2 is 2.21 bits per heavy atom. The lowest BCUT2D eigenvalue weighted by molar-refractivity contribution is 0.0287. The minimum Gasteiger partial charge on any atom is -0.444 e. The fourth-order valence-corrected chi connectivity index (χ4v) is 3.15. The Kier molecular flexibility index (Phi) is 4.38. The number of carbonyl (C=O) groups is 1. The van der Waals surface area contributed by atoms with Crippen molar-refractivity contribution in [1.29, 1.82) is 0 Å². The minimum absolute atomic E-state index is 0.109. The number of rotatable bonds is 2. The molecule has 130 valence electrons. The highest BCUT2D eigenvalue weighted by Crippen LogP contribution is 2.27. The number of likely N-dealkylation sites (tertiary alicyclic amines) is 1. The summed E-state index contributed by atoms with van der Waals surface area (Å²) in [5.41, 5.74) is -0.0361. The number of halogens is 2. The Balaban J connectivity index is 1.70. The highest BCUT2D eigenvalue weighted by atomic mass is 35.5. The Morgan fingerprint density at radius 1 is 1.46 bits per heavy atom. The summed E-state index contributed by atoms with van der Waals surface area (Å²) in [6.07, 6.45) is 3.24. The quantitative estimate of drug-likeness (QED) is 0.775. The number of ether oxygens (including phenoxy) is 1. The van der Waals surface area contributed by atoms with Crippen molar-refractivity contribution in [3.8, 4) is 0 Å². The fraction of sp³-hybridized carbons (Fsp3) is 0.562. The van der Waals surface area contributed by atoms with Gasteiger partial charge in [0.25, 0.3) is 0 Å². The van der Waals surface area contributed by atoms with Crippen molar-refractivity contribution in [3.05, 3.63) is 23.5 Å². The van der Waals surface area contributed by atoms with Gasteiger partial charge in [-0.25, -0.2) is 19.2 Å². The Labute approximate surface area is 144 Å². The molecule has 1 amide bonds. The lowest BCUT2D eigenvalue weighted by Crippen LogP contribution is -2.35. The molecule has 2 aromatic heterocycles. The van der Waals surface area contributed by atoms with E-state index in [0.29, 0.717) is 25.3 Å². The van der Waals surface area contributed by atoms with Gasteiger partial charge in [-0.1, -0.05) is 11.6 Å². The first-order valence-electron chi connectivity index (χ1n) is 7.87. The monoisotopic (exact) mass is 354 g/mol. The maximum atomic E-state index is 14.1. The van der Waals surface area contributed by atoms with Crippen molar-refractivity contribution in [2.75, 3.05) is 13.1 Å². The van der Waals surface area contributed by atoms with Crippen LogP contribution in [-0.2, 0) is 11.3 Å². The second kappa shape index (κ2) is 6.20. The summed E-state index contributed by atoms with van der Waals surface area (Å²) in [5, 5.41) is 0.346. The van der Waals surface area contributed by atoms with Gasteiger partial charge in [0.15, 0.2) is 5.82 Å². The zero-order valence-electron chi connectivity index (χ0n) is 13.9. The topological polar surface area (TPSA) is 60.2 Å². The lowest BCUT2D eigenvalue weighted by atomic mass is 10.1. The van der Waals surface area contributed by atoms with Gasteiger partial charge in [-0.2, -0.15) is 0 Å². The number of nitrogens with zero attached hydrogens (tertiary/aromatic N) is 4. The van der Waals surface area contributed by atoms with E-state index in [-0.39, 0.29) is 22.6 Å². The van der Waals surface area contributed by atoms with Gasteiger partial charge in [-0.3, -0.25) is 0 Å². The Hall–Kier alpha value is -1.89. The molecule has 0 aromatic carbocycles. The van der Waals surface area contributed by atoms with E-state index < -0.39 is 11.4 Å². The number of hydrogen-bond acceptors (Lipinski definition) is 4. The van der Waals surface area contributed by atoms with Gasteiger partial charge in [0.2, 0.25) is 0 Å². The van der Waals surface area contributed by atoms with Crippen LogP contribution in [0.5, 0.6) is 0 Å². The molecule has 0 N–H and O–H groups in total. The van der Waals surface area contributed by atoms with E-state index in [1.54, 1.807) is 9.47 Å². The molecule has 0 aliphatic carbocycles. The van der Waals surface area contributed by atoms with Crippen LogP contribution in [0.2, 0.25) is 5.15 Å². The maximum absolute atomic E-state index is 14.1. The Morgan fingerprint density at radius 3 is 2.92 bits per heavy atom. The fourth-order valence-electron chi connectivity index (χ4n) is 2.93. The molecule has 0 saturated carbocycles. The van der Waals surface area contributed by atoms with E-state index in [1.165, 1.54) is 12.5 Å². The number of fused-ring (bicyclic) bond motifs is 1. The van der Waals surface area contributed by atoms with Crippen molar-refractivity contribution in [2.45, 2.75) is 39.3 Å². The second-order valence-corrected chi connectivity index (χ2v) is 7.43. The molecule has 8 heteroatoms. The van der Waals surface area contributed by atoms with Gasteiger partial charge in [0, 0.05) is 25.8 Å². The summed E-state index contributed by atoms with van der Waals surface area (Å²) in [4.78, 5) is 21.8. The smallest absolute Gasteiger partial charge is 0.410 e. The van der Waals surface area contributed by atoms with Gasteiger partial charge in [-0.05, 0) is 33.1 Å². The van der Waals surface area contributed by atoms with Gasteiger partial charge in [0.1, 0.15) is 22.7 Å². The molecule has 0 bridgehead atoms. The van der Waals surface area contributed by atoms with Crippen LogP contribution in [0.4, 0.5) is 9.18 Å². The molecular formula is C16H20ClFN4O2. The summed E-state index contributed by atoms with van der Waals surface area (Å²) in [7, 11) is 0. The predicted molar refractivity (Wildman–Crippen MR) is 88.4 cm³/mol. The van der Waals surface area contributed by atoms with Gasteiger partial charge in [0.05, 0.1) is 5.39 Å². The first kappa shape index (κ1) is 17.0. The first-order chi connectivity index (χ1) is 11.2. The van der Waals surface area contributed by atoms with Crippen molar-refractivity contribution in [1.82, 2.24) is 19.4 Å². The van der Waals surface area contributed by atoms with Crippen LogP contribution >= 0.6 is 11.6 Å². The lowest BCUT2D eigenvalue weighted by Gasteiger charge is -2.24. The van der Waals surface area contributed by atoms with Crippen molar-refractivity contribution in [2.24, 2.45) is 5.92 Å². The van der Waals surface area contributed by atoms with E-state index in [0.717, 1.165) is 6.42 Å². The zero-order chi connectivity index (χ0) is 17.5. The largest absolute Gasteiger partial charge is 0.444 e. The van der Waals surface area contributed by atoms with Crippen molar-refractivity contribution < 1.29 is 13.9 Å². The first-order valence-corrected chi connectivity index (χ1v) is 8.25. The van der Waals surface area contributed by atoms with Crippen molar-refractivity contribution in [3.63, 3.8) is 0 Å². The molecule has 3 rings (SSSR count). The molecule has 24 heavy (non-hydrogen) atoms. The molecule has 1 saturated heterocycles. The Bertz CT molecular complexity index is 771. The molecule has 6 nitrogen and oxygen atoms in total. The molecule has 0 unspecified atom stereocenters. The van der Waals surface area contributed by atoms with Crippen LogP contribution in [-0.4, -0.2) is 44.2 Å². The molecule has 2 aromatic rings. The third-order valence-electron chi connectivity index (χ3n) is 3.95. The molecule has 1 aliphatic rings. The third kappa shape index (κ3) is 3.45. The molecule has 1 aliphatic heterocycles. The van der Waals surface area contributed by atoms with E-state index >= 15 is 0 Å². The average Bonchev–Trinajstić information content (AvgIpc) is 3.04. The predicted octanol–water partition coefficient (Wildman–Crippen LogP) is 3.48. The van der Waals surface area contributed by atoms with Crippen LogP contribution in [0, 0.1) is 11.7 Å². The van der Waals surface area contributed by atoms with Crippen LogP contribution < -0.4 is 0 Å². The SMILES string of the molecule is CC(C)(C)OC(=O)N1CC[C@H](Cn2cc(F)c3c(Cl)ncnc32)C1. The van der Waals surface area contributed by atoms with Crippen LogP contribution in [0.25, 0.3) is 11.0 Å². The minimum atomic E-state index is -0.511. The number of hydrogen-bond donors (Lipinski definition) is 0. The van der Waals surface area contributed by atoms with Crippen LogP contribution in [0.1, 0.15) is 27.2 Å². The van der Waals surface area contributed by atoms with E-state index in [9.17, 15) is 9.18 Å². The highest BCUT2D eigenvalue weighted by molar-refractivity contribution is 6.33.